The molecule has 35 heavy (non-hydrogen) atoms. The number of nitrogens with zero attached hydrogens (tertiary/aromatic N) is 1. The van der Waals surface area contributed by atoms with E-state index in [2.05, 4.69) is 75.1 Å². The van der Waals surface area contributed by atoms with Crippen molar-refractivity contribution in [1.29, 1.82) is 0 Å². The Bertz CT molecular complexity index is 1200. The number of carbonyl (C=O) groups is 1. The van der Waals surface area contributed by atoms with E-state index in [1.54, 1.807) is 0 Å². The van der Waals surface area contributed by atoms with Crippen molar-refractivity contribution in [2.24, 2.45) is 10.8 Å². The van der Waals surface area contributed by atoms with Gasteiger partial charge in [0.15, 0.2) is 5.78 Å². The van der Waals surface area contributed by atoms with Crippen LogP contribution in [0.4, 0.5) is 0 Å². The van der Waals surface area contributed by atoms with Gasteiger partial charge >= 0.3 is 0 Å². The van der Waals surface area contributed by atoms with E-state index < -0.39 is 13.5 Å². The van der Waals surface area contributed by atoms with Gasteiger partial charge in [-0.3, -0.25) is 9.78 Å². The van der Waals surface area contributed by atoms with Crippen molar-refractivity contribution in [3.05, 3.63) is 72.0 Å². The number of fused-ring (bicyclic) bond motifs is 1. The number of aryl methyl sites for hydroxylation is 1. The van der Waals surface area contributed by atoms with Gasteiger partial charge in [-0.05, 0) is 17.1 Å². The first-order valence-electron chi connectivity index (χ1n) is 11.8. The quantitative estimate of drug-likeness (QED) is 0.135. The van der Waals surface area contributed by atoms with E-state index >= 15 is 0 Å². The summed E-state index contributed by atoms with van der Waals surface area (Å²) in [6.45, 7) is 20.3. The first kappa shape index (κ1) is 31.0. The van der Waals surface area contributed by atoms with E-state index in [0.717, 1.165) is 16.8 Å². The Morgan fingerprint density at radius 3 is 2.09 bits per heavy atom. The topological polar surface area (TPSA) is 50.2 Å². The van der Waals surface area contributed by atoms with E-state index in [9.17, 15) is 9.90 Å². The zero-order valence-electron chi connectivity index (χ0n) is 22.8. The summed E-state index contributed by atoms with van der Waals surface area (Å²) in [5, 5.41) is 12.3. The zero-order valence-corrected chi connectivity index (χ0v) is 26.2. The molecular formula is C30H40IrNO2Si-. The van der Waals surface area contributed by atoms with Crippen molar-refractivity contribution in [2.75, 3.05) is 0 Å². The van der Waals surface area contributed by atoms with Crippen molar-refractivity contribution in [3.63, 3.8) is 0 Å². The molecule has 1 N–H and O–H groups in total. The smallest absolute Gasteiger partial charge is 0.164 e. The average Bonchev–Trinajstić information content (AvgIpc) is 2.71. The third-order valence-electron chi connectivity index (χ3n) is 5.56. The van der Waals surface area contributed by atoms with Crippen LogP contribution in [0.15, 0.2) is 60.4 Å². The van der Waals surface area contributed by atoms with E-state index in [1.807, 2.05) is 47.6 Å². The second-order valence-electron chi connectivity index (χ2n) is 12.0. The Morgan fingerprint density at radius 2 is 1.57 bits per heavy atom. The number of allylic oxidation sites excluding steroid dienone is 2. The van der Waals surface area contributed by atoms with Crippen LogP contribution in [0.1, 0.15) is 47.1 Å². The minimum Gasteiger partial charge on any atom is -0.512 e. The predicted octanol–water partition coefficient (Wildman–Crippen LogP) is 7.64. The summed E-state index contributed by atoms with van der Waals surface area (Å²) in [5.74, 6) is 0.104. The summed E-state index contributed by atoms with van der Waals surface area (Å²) >= 11 is 0. The van der Waals surface area contributed by atoms with Crippen molar-refractivity contribution in [3.8, 4) is 11.3 Å². The SMILES string of the molecule is CC(C)(C)C(=O)/C=C(\O)C(C)(C)C.Cc1cc[c-]c(-c2ccc3cc([Si](C)(C)C)ccc3n2)c1.[Ir]. The summed E-state index contributed by atoms with van der Waals surface area (Å²) in [6, 6.07) is 20.4. The largest absolute Gasteiger partial charge is 0.512 e. The number of aromatic nitrogens is 1. The minimum atomic E-state index is -1.27. The molecule has 1 radical (unpaired) electrons. The molecule has 1 aromatic heterocycles. The molecule has 3 nitrogen and oxygen atoms in total. The van der Waals surface area contributed by atoms with Gasteiger partial charge in [0, 0.05) is 37.0 Å². The number of aliphatic hydroxyl groups excluding tert-OH is 1. The van der Waals surface area contributed by atoms with Gasteiger partial charge in [0.1, 0.15) is 5.76 Å². The van der Waals surface area contributed by atoms with Crippen molar-refractivity contribution in [1.82, 2.24) is 4.98 Å². The first-order chi connectivity index (χ1) is 15.5. The average molecular weight is 667 g/mol. The number of benzene rings is 2. The molecule has 0 aliphatic heterocycles. The second kappa shape index (κ2) is 11.8. The molecule has 0 aliphatic carbocycles. The molecular weight excluding hydrogens is 627 g/mol. The predicted molar refractivity (Wildman–Crippen MR) is 148 cm³/mol. The van der Waals surface area contributed by atoms with E-state index in [1.165, 1.54) is 22.2 Å². The molecule has 191 valence electrons. The minimum absolute atomic E-state index is 0. The van der Waals surface area contributed by atoms with Crippen molar-refractivity contribution < 1.29 is 30.0 Å². The van der Waals surface area contributed by atoms with Crippen LogP contribution in [0.3, 0.4) is 0 Å². The van der Waals surface area contributed by atoms with Gasteiger partial charge < -0.3 is 5.11 Å². The molecule has 1 heterocycles. The normalized spacial score (nSPS) is 12.5. The van der Waals surface area contributed by atoms with Gasteiger partial charge in [-0.15, -0.1) is 35.4 Å². The molecule has 2 aromatic carbocycles. The molecule has 0 unspecified atom stereocenters. The number of hydrogen-bond acceptors (Lipinski definition) is 3. The van der Waals surface area contributed by atoms with Gasteiger partial charge in [-0.1, -0.05) is 97.6 Å². The number of aliphatic hydroxyl groups is 1. The Labute approximate surface area is 226 Å². The third kappa shape index (κ3) is 9.14. The molecule has 3 aromatic rings. The molecule has 0 saturated heterocycles. The number of rotatable bonds is 3. The van der Waals surface area contributed by atoms with Gasteiger partial charge in [-0.2, -0.15) is 0 Å². The number of pyridine rings is 1. The fraction of sp³-hybridized carbons (Fsp3) is 0.400. The van der Waals surface area contributed by atoms with Gasteiger partial charge in [-0.25, -0.2) is 0 Å². The molecule has 3 rings (SSSR count). The van der Waals surface area contributed by atoms with E-state index in [0.29, 0.717) is 0 Å². The maximum Gasteiger partial charge on any atom is 0.164 e. The molecule has 5 heteroatoms. The fourth-order valence-electron chi connectivity index (χ4n) is 3.03. The molecule has 0 fully saturated rings. The summed E-state index contributed by atoms with van der Waals surface area (Å²) in [5.41, 5.74) is 3.59. The van der Waals surface area contributed by atoms with Crippen LogP contribution in [-0.2, 0) is 24.9 Å². The fourth-order valence-corrected chi connectivity index (χ4v) is 4.20. The maximum atomic E-state index is 11.5. The maximum absolute atomic E-state index is 11.5. The van der Waals surface area contributed by atoms with Crippen LogP contribution in [0.5, 0.6) is 0 Å². The van der Waals surface area contributed by atoms with Gasteiger partial charge in [0.05, 0.1) is 13.6 Å². The Hall–Kier alpha value is -2.07. The van der Waals surface area contributed by atoms with Crippen LogP contribution in [-0.4, -0.2) is 23.9 Å². The monoisotopic (exact) mass is 667 g/mol. The van der Waals surface area contributed by atoms with Gasteiger partial charge in [0.25, 0.3) is 0 Å². The number of ketones is 1. The van der Waals surface area contributed by atoms with Crippen LogP contribution in [0, 0.1) is 23.8 Å². The van der Waals surface area contributed by atoms with Crippen LogP contribution in [0.2, 0.25) is 19.6 Å². The zero-order chi connectivity index (χ0) is 25.9. The number of hydrogen-bond donors (Lipinski definition) is 1. The molecule has 0 bridgehead atoms. The molecule has 0 spiro atoms. The Balaban J connectivity index is 0.000000383. The molecule has 0 aliphatic rings. The van der Waals surface area contributed by atoms with Crippen LogP contribution >= 0.6 is 0 Å². The Morgan fingerprint density at radius 1 is 0.943 bits per heavy atom. The molecule has 0 saturated carbocycles. The summed E-state index contributed by atoms with van der Waals surface area (Å²) in [4.78, 5) is 16.3. The summed E-state index contributed by atoms with van der Waals surface area (Å²) in [6.07, 6.45) is 1.33. The first-order valence-corrected chi connectivity index (χ1v) is 15.3. The van der Waals surface area contributed by atoms with E-state index in [4.69, 9.17) is 4.98 Å². The summed E-state index contributed by atoms with van der Waals surface area (Å²) in [7, 11) is -1.27. The number of carbonyl (C=O) groups excluding carboxylic acids is 1. The van der Waals surface area contributed by atoms with Crippen LogP contribution in [0.25, 0.3) is 22.2 Å². The van der Waals surface area contributed by atoms with Crippen molar-refractivity contribution >= 4 is 29.9 Å². The Kier molecular flexibility index (Phi) is 10.4. The summed E-state index contributed by atoms with van der Waals surface area (Å²) < 4.78 is 0. The second-order valence-corrected chi connectivity index (χ2v) is 17.1. The van der Waals surface area contributed by atoms with Crippen molar-refractivity contribution in [2.45, 2.75) is 68.1 Å². The standard InChI is InChI=1S/C19H20NSi.C11H20O2.Ir/c1-14-6-5-7-15(12-14)18-10-8-16-13-17(21(2,3)4)9-11-19(16)20-18;1-10(2,3)8(12)7-9(13)11(4,5)6;/h5-6,8-13H,1-4H3;7,12H,1-6H3;/q-1;;/b;8-7-;. The van der Waals surface area contributed by atoms with E-state index in [-0.39, 0.29) is 37.1 Å². The molecule has 0 atom stereocenters. The van der Waals surface area contributed by atoms with Gasteiger partial charge in [0.2, 0.25) is 0 Å². The molecule has 0 amide bonds. The van der Waals surface area contributed by atoms with Crippen LogP contribution < -0.4 is 5.19 Å². The third-order valence-corrected chi connectivity index (χ3v) is 7.61.